The number of aliphatic hydroxyl groups is 1. The van der Waals surface area contributed by atoms with Crippen LogP contribution >= 0.6 is 0 Å². The van der Waals surface area contributed by atoms with Crippen molar-refractivity contribution in [2.75, 3.05) is 5.32 Å². The second-order valence-electron chi connectivity index (χ2n) is 4.93. The van der Waals surface area contributed by atoms with Crippen LogP contribution in [-0.2, 0) is 11.3 Å². The van der Waals surface area contributed by atoms with Crippen molar-refractivity contribution in [1.29, 1.82) is 0 Å². The molecular formula is C11H12F5N3O2. The Balaban J connectivity index is 2.03. The van der Waals surface area contributed by atoms with E-state index in [2.05, 4.69) is 5.10 Å². The number of anilines is 1. The highest BCUT2D eigenvalue weighted by Gasteiger charge is 2.61. The average molecular weight is 313 g/mol. The number of aromatic nitrogens is 2. The third kappa shape index (κ3) is 3.14. The van der Waals surface area contributed by atoms with Crippen LogP contribution in [0.25, 0.3) is 0 Å². The molecule has 1 aliphatic carbocycles. The Morgan fingerprint density at radius 3 is 2.48 bits per heavy atom. The first-order chi connectivity index (χ1) is 9.53. The SMILES string of the molecule is O=C(Nc1ccn(CC(F)(F)F)n1)C(F)(F)C1(O)CCC1. The van der Waals surface area contributed by atoms with E-state index in [1.807, 2.05) is 0 Å². The molecule has 1 amide bonds. The van der Waals surface area contributed by atoms with Crippen LogP contribution in [0.4, 0.5) is 27.8 Å². The molecule has 0 aliphatic heterocycles. The van der Waals surface area contributed by atoms with Crippen molar-refractivity contribution in [3.63, 3.8) is 0 Å². The summed E-state index contributed by atoms with van der Waals surface area (Å²) in [4.78, 5) is 11.5. The van der Waals surface area contributed by atoms with Crippen LogP contribution in [0.2, 0.25) is 0 Å². The van der Waals surface area contributed by atoms with Crippen molar-refractivity contribution in [3.05, 3.63) is 12.3 Å². The van der Waals surface area contributed by atoms with E-state index < -0.39 is 36.0 Å². The average Bonchev–Trinajstić information content (AvgIpc) is 2.70. The van der Waals surface area contributed by atoms with Crippen LogP contribution in [0.5, 0.6) is 0 Å². The van der Waals surface area contributed by atoms with E-state index in [0.717, 1.165) is 12.3 Å². The van der Waals surface area contributed by atoms with E-state index in [1.165, 1.54) is 0 Å². The Hall–Kier alpha value is -1.71. The lowest BCUT2D eigenvalue weighted by Gasteiger charge is -2.41. The fraction of sp³-hybridized carbons (Fsp3) is 0.636. The van der Waals surface area contributed by atoms with Gasteiger partial charge >= 0.3 is 12.1 Å². The summed E-state index contributed by atoms with van der Waals surface area (Å²) < 4.78 is 64.3. The molecule has 2 rings (SSSR count). The van der Waals surface area contributed by atoms with Crippen LogP contribution in [0.15, 0.2) is 12.3 Å². The van der Waals surface area contributed by atoms with Crippen LogP contribution in [0.3, 0.4) is 0 Å². The Labute approximate surface area is 115 Å². The third-order valence-corrected chi connectivity index (χ3v) is 3.27. The Kier molecular flexibility index (Phi) is 3.68. The van der Waals surface area contributed by atoms with Crippen LogP contribution < -0.4 is 5.32 Å². The molecule has 10 heteroatoms. The fourth-order valence-electron chi connectivity index (χ4n) is 1.93. The first-order valence-electron chi connectivity index (χ1n) is 6.05. The van der Waals surface area contributed by atoms with E-state index in [-0.39, 0.29) is 12.8 Å². The van der Waals surface area contributed by atoms with E-state index in [4.69, 9.17) is 0 Å². The number of nitrogens with zero attached hydrogens (tertiary/aromatic N) is 2. The number of hydrogen-bond acceptors (Lipinski definition) is 3. The van der Waals surface area contributed by atoms with Crippen LogP contribution in [0.1, 0.15) is 19.3 Å². The minimum absolute atomic E-state index is 0.212. The highest BCUT2D eigenvalue weighted by atomic mass is 19.4. The van der Waals surface area contributed by atoms with Crippen LogP contribution in [0, 0.1) is 0 Å². The molecule has 0 atom stereocenters. The molecule has 2 N–H and O–H groups in total. The third-order valence-electron chi connectivity index (χ3n) is 3.27. The molecule has 1 aromatic heterocycles. The number of rotatable bonds is 4. The van der Waals surface area contributed by atoms with Crippen molar-refractivity contribution in [1.82, 2.24) is 9.78 Å². The first-order valence-corrected chi connectivity index (χ1v) is 6.05. The molecule has 0 aromatic carbocycles. The molecule has 1 aromatic rings. The first kappa shape index (κ1) is 15.7. The van der Waals surface area contributed by atoms with Gasteiger partial charge in [0, 0.05) is 12.3 Å². The van der Waals surface area contributed by atoms with Crippen molar-refractivity contribution in [2.45, 2.75) is 43.5 Å². The number of amides is 1. The summed E-state index contributed by atoms with van der Waals surface area (Å²) in [5.41, 5.74) is -2.40. The number of carbonyl (C=O) groups is 1. The highest BCUT2D eigenvalue weighted by molar-refractivity contribution is 5.96. The van der Waals surface area contributed by atoms with Crippen molar-refractivity contribution >= 4 is 11.7 Å². The predicted molar refractivity (Wildman–Crippen MR) is 60.7 cm³/mol. The van der Waals surface area contributed by atoms with E-state index in [0.29, 0.717) is 11.1 Å². The van der Waals surface area contributed by atoms with Gasteiger partial charge in [-0.3, -0.25) is 9.48 Å². The maximum atomic E-state index is 13.7. The van der Waals surface area contributed by atoms with Gasteiger partial charge in [0.1, 0.15) is 12.1 Å². The lowest BCUT2D eigenvalue weighted by molar-refractivity contribution is -0.212. The van der Waals surface area contributed by atoms with Crippen molar-refractivity contribution in [3.8, 4) is 0 Å². The largest absolute Gasteiger partial charge is 0.408 e. The van der Waals surface area contributed by atoms with E-state index >= 15 is 0 Å². The summed E-state index contributed by atoms with van der Waals surface area (Å²) in [5.74, 6) is -6.26. The standard InChI is InChI=1S/C11H12F5N3O2/c12-10(13,14)6-19-5-2-7(18-19)17-8(20)11(15,16)9(21)3-1-4-9/h2,5,21H,1,3-4,6H2,(H,17,18,20). The molecule has 0 spiro atoms. The maximum absolute atomic E-state index is 13.7. The van der Waals surface area contributed by atoms with Gasteiger partial charge in [0.25, 0.3) is 5.91 Å². The van der Waals surface area contributed by atoms with Gasteiger partial charge in [-0.25, -0.2) is 0 Å². The number of alkyl halides is 5. The second kappa shape index (κ2) is 4.93. The molecule has 1 fully saturated rings. The lowest BCUT2D eigenvalue weighted by atomic mass is 9.75. The fourth-order valence-corrected chi connectivity index (χ4v) is 1.93. The zero-order chi connectivity index (χ0) is 15.9. The topological polar surface area (TPSA) is 67.2 Å². The van der Waals surface area contributed by atoms with Gasteiger partial charge in [0.15, 0.2) is 5.82 Å². The Morgan fingerprint density at radius 2 is 2.00 bits per heavy atom. The molecule has 1 saturated carbocycles. The Morgan fingerprint density at radius 1 is 1.38 bits per heavy atom. The number of carbonyl (C=O) groups excluding carboxylic acids is 1. The molecule has 0 unspecified atom stereocenters. The predicted octanol–water partition coefficient (Wildman–Crippen LogP) is 1.93. The summed E-state index contributed by atoms with van der Waals surface area (Å²) in [6.45, 7) is -1.40. The molecule has 0 radical (unpaired) electrons. The smallest absolute Gasteiger partial charge is 0.383 e. The van der Waals surface area contributed by atoms with Gasteiger partial charge in [0.2, 0.25) is 0 Å². The van der Waals surface area contributed by atoms with Gasteiger partial charge in [-0.15, -0.1) is 0 Å². The van der Waals surface area contributed by atoms with Crippen molar-refractivity contribution < 1.29 is 31.9 Å². The van der Waals surface area contributed by atoms with Crippen molar-refractivity contribution in [2.24, 2.45) is 0 Å². The number of hydrogen-bond donors (Lipinski definition) is 2. The molecule has 1 aliphatic rings. The van der Waals surface area contributed by atoms with Gasteiger partial charge < -0.3 is 10.4 Å². The zero-order valence-electron chi connectivity index (χ0n) is 10.6. The molecular weight excluding hydrogens is 301 g/mol. The van der Waals surface area contributed by atoms with Crippen LogP contribution in [-0.4, -0.2) is 38.5 Å². The molecule has 0 bridgehead atoms. The van der Waals surface area contributed by atoms with Gasteiger partial charge in [0.05, 0.1) is 0 Å². The molecule has 118 valence electrons. The summed E-state index contributed by atoms with van der Waals surface area (Å²) in [6.07, 6.45) is -3.66. The van der Waals surface area contributed by atoms with Gasteiger partial charge in [-0.05, 0) is 19.3 Å². The summed E-state index contributed by atoms with van der Waals surface area (Å²) in [5, 5.41) is 14.6. The van der Waals surface area contributed by atoms with E-state index in [1.54, 1.807) is 5.32 Å². The molecule has 1 heterocycles. The normalized spacial score (nSPS) is 18.2. The number of nitrogens with one attached hydrogen (secondary N) is 1. The molecule has 21 heavy (non-hydrogen) atoms. The lowest BCUT2D eigenvalue weighted by Crippen LogP contribution is -2.59. The quantitative estimate of drug-likeness (QED) is 0.835. The monoisotopic (exact) mass is 313 g/mol. The Bertz CT molecular complexity index is 536. The molecule has 5 nitrogen and oxygen atoms in total. The minimum atomic E-state index is -4.52. The second-order valence-corrected chi connectivity index (χ2v) is 4.93. The summed E-state index contributed by atoms with van der Waals surface area (Å²) >= 11 is 0. The summed E-state index contributed by atoms with van der Waals surface area (Å²) in [6, 6.07) is 0.963. The van der Waals surface area contributed by atoms with Gasteiger partial charge in [-0.1, -0.05) is 0 Å². The van der Waals surface area contributed by atoms with Gasteiger partial charge in [-0.2, -0.15) is 27.1 Å². The number of halogens is 5. The minimum Gasteiger partial charge on any atom is -0.383 e. The maximum Gasteiger partial charge on any atom is 0.408 e. The zero-order valence-corrected chi connectivity index (χ0v) is 10.6. The highest BCUT2D eigenvalue weighted by Crippen LogP contribution is 2.44. The van der Waals surface area contributed by atoms with E-state index in [9.17, 15) is 31.9 Å². The summed E-state index contributed by atoms with van der Waals surface area (Å²) in [7, 11) is 0. The molecule has 0 saturated heterocycles.